The van der Waals surface area contributed by atoms with Crippen LogP contribution in [0.25, 0.3) is 0 Å². The van der Waals surface area contributed by atoms with Gasteiger partial charge in [-0.1, -0.05) is 11.8 Å². The minimum Gasteiger partial charge on any atom is -0.465 e. The number of hydrogen-bond acceptors (Lipinski definition) is 7. The largest absolute Gasteiger partial charge is 0.465 e. The summed E-state index contributed by atoms with van der Waals surface area (Å²) in [6.45, 7) is 0. The Kier molecular flexibility index (Phi) is 4.40. The van der Waals surface area contributed by atoms with E-state index in [9.17, 15) is 14.4 Å². The number of amidine groups is 1. The number of nitrogens with zero attached hydrogens (tertiary/aromatic N) is 1. The molecule has 1 aliphatic rings. The summed E-state index contributed by atoms with van der Waals surface area (Å²) in [6, 6.07) is 1.56. The van der Waals surface area contributed by atoms with E-state index in [0.717, 1.165) is 11.8 Å². The standard InChI is InChI=1S/C11H11N3O4S2/c1-18-10(17)5-2-3-19-9(5)13-7(15)4-6-8(16)14-11(12)20-6/h2-3,6H,4H2,1H3,(H,13,15)(H2,12,14,16)/t6-/m0/s1. The van der Waals surface area contributed by atoms with Crippen molar-refractivity contribution in [1.29, 1.82) is 0 Å². The lowest BCUT2D eigenvalue weighted by Gasteiger charge is -2.07. The fourth-order valence-corrected chi connectivity index (χ4v) is 3.17. The first-order valence-electron chi connectivity index (χ1n) is 5.51. The van der Waals surface area contributed by atoms with Crippen LogP contribution in [-0.4, -0.2) is 35.3 Å². The molecule has 1 aliphatic heterocycles. The second kappa shape index (κ2) is 6.06. The lowest BCUT2D eigenvalue weighted by molar-refractivity contribution is -0.121. The number of thiophene rings is 1. The van der Waals surface area contributed by atoms with Gasteiger partial charge in [-0.05, 0) is 11.4 Å². The number of carbonyl (C=O) groups excluding carboxylic acids is 3. The first-order chi connectivity index (χ1) is 9.51. The molecule has 0 unspecified atom stereocenters. The summed E-state index contributed by atoms with van der Waals surface area (Å²) in [7, 11) is 1.26. The molecule has 0 spiro atoms. The fourth-order valence-electron chi connectivity index (χ4n) is 1.55. The van der Waals surface area contributed by atoms with Gasteiger partial charge < -0.3 is 15.8 Å². The molecule has 20 heavy (non-hydrogen) atoms. The van der Waals surface area contributed by atoms with Gasteiger partial charge in [0.2, 0.25) is 5.91 Å². The van der Waals surface area contributed by atoms with Crippen LogP contribution in [0.3, 0.4) is 0 Å². The van der Waals surface area contributed by atoms with Gasteiger partial charge in [-0.2, -0.15) is 4.99 Å². The molecule has 106 valence electrons. The number of nitrogens with two attached hydrogens (primary N) is 1. The minimum absolute atomic E-state index is 0.0494. The van der Waals surface area contributed by atoms with Gasteiger partial charge in [0.05, 0.1) is 12.7 Å². The Balaban J connectivity index is 1.97. The van der Waals surface area contributed by atoms with Crippen molar-refractivity contribution in [1.82, 2.24) is 0 Å². The molecule has 2 rings (SSSR count). The van der Waals surface area contributed by atoms with Crippen LogP contribution < -0.4 is 11.1 Å². The van der Waals surface area contributed by atoms with Crippen molar-refractivity contribution in [3.8, 4) is 0 Å². The topological polar surface area (TPSA) is 111 Å². The number of aliphatic imine (C=N–C) groups is 1. The number of rotatable bonds is 4. The monoisotopic (exact) mass is 313 g/mol. The van der Waals surface area contributed by atoms with Gasteiger partial charge in [0, 0.05) is 6.42 Å². The zero-order valence-corrected chi connectivity index (χ0v) is 12.0. The van der Waals surface area contributed by atoms with Crippen molar-refractivity contribution >= 4 is 51.1 Å². The van der Waals surface area contributed by atoms with Crippen LogP contribution in [0.4, 0.5) is 5.00 Å². The average molecular weight is 313 g/mol. The highest BCUT2D eigenvalue weighted by atomic mass is 32.2. The molecule has 1 aromatic rings. The molecule has 2 heterocycles. The Morgan fingerprint density at radius 2 is 2.30 bits per heavy atom. The Hall–Kier alpha value is -1.87. The summed E-state index contributed by atoms with van der Waals surface area (Å²) in [4.78, 5) is 38.3. The van der Waals surface area contributed by atoms with Crippen molar-refractivity contribution in [2.75, 3.05) is 12.4 Å². The van der Waals surface area contributed by atoms with Crippen molar-refractivity contribution in [3.63, 3.8) is 0 Å². The number of hydrogen-bond donors (Lipinski definition) is 2. The van der Waals surface area contributed by atoms with Crippen LogP contribution >= 0.6 is 23.1 Å². The summed E-state index contributed by atoms with van der Waals surface area (Å²) in [5, 5.41) is 4.21. The van der Waals surface area contributed by atoms with Gasteiger partial charge in [0.25, 0.3) is 5.91 Å². The lowest BCUT2D eigenvalue weighted by Crippen LogP contribution is -2.22. The molecule has 0 aliphatic carbocycles. The third-order valence-corrected chi connectivity index (χ3v) is 4.27. The zero-order valence-electron chi connectivity index (χ0n) is 10.4. The molecule has 3 N–H and O–H groups in total. The van der Waals surface area contributed by atoms with Crippen molar-refractivity contribution in [3.05, 3.63) is 17.0 Å². The van der Waals surface area contributed by atoms with Gasteiger partial charge in [0.1, 0.15) is 10.3 Å². The number of esters is 1. The third-order valence-electron chi connectivity index (χ3n) is 2.45. The Bertz CT molecular complexity index is 596. The number of methoxy groups -OCH3 is 1. The highest BCUT2D eigenvalue weighted by Crippen LogP contribution is 2.26. The van der Waals surface area contributed by atoms with Crippen molar-refractivity contribution < 1.29 is 19.1 Å². The molecule has 9 heteroatoms. The molecule has 0 bridgehead atoms. The normalized spacial score (nSPS) is 17.8. The molecule has 0 saturated heterocycles. The van der Waals surface area contributed by atoms with Gasteiger partial charge in [-0.15, -0.1) is 11.3 Å². The fraction of sp³-hybridized carbons (Fsp3) is 0.273. The zero-order chi connectivity index (χ0) is 14.7. The summed E-state index contributed by atoms with van der Waals surface area (Å²) in [6.07, 6.45) is -0.0494. The highest BCUT2D eigenvalue weighted by Gasteiger charge is 2.29. The van der Waals surface area contributed by atoms with Crippen LogP contribution in [0.15, 0.2) is 16.4 Å². The van der Waals surface area contributed by atoms with Crippen LogP contribution in [0, 0.1) is 0 Å². The van der Waals surface area contributed by atoms with E-state index in [1.165, 1.54) is 18.4 Å². The van der Waals surface area contributed by atoms with E-state index in [-0.39, 0.29) is 23.1 Å². The van der Waals surface area contributed by atoms with Crippen molar-refractivity contribution in [2.45, 2.75) is 11.7 Å². The minimum atomic E-state index is -0.600. The van der Waals surface area contributed by atoms with Crippen LogP contribution in [0.2, 0.25) is 0 Å². The Morgan fingerprint density at radius 3 is 2.90 bits per heavy atom. The molecule has 7 nitrogen and oxygen atoms in total. The first kappa shape index (κ1) is 14.5. The maximum absolute atomic E-state index is 11.9. The van der Waals surface area contributed by atoms with E-state index >= 15 is 0 Å². The summed E-state index contributed by atoms with van der Waals surface area (Å²) in [5.41, 5.74) is 5.69. The summed E-state index contributed by atoms with van der Waals surface area (Å²) in [5.74, 6) is -1.32. The maximum atomic E-state index is 11.9. The highest BCUT2D eigenvalue weighted by molar-refractivity contribution is 8.15. The summed E-state index contributed by atoms with van der Waals surface area (Å²) < 4.78 is 4.60. The number of amides is 2. The SMILES string of the molecule is COC(=O)c1ccsc1NC(=O)C[C@@H]1SC(N)=NC1=O. The second-order valence-electron chi connectivity index (χ2n) is 3.80. The molecule has 0 radical (unpaired) electrons. The van der Waals surface area contributed by atoms with E-state index < -0.39 is 17.1 Å². The van der Waals surface area contributed by atoms with Crippen molar-refractivity contribution in [2.24, 2.45) is 10.7 Å². The molecule has 0 aromatic carbocycles. The molecule has 1 aromatic heterocycles. The molecular formula is C11H11N3O4S2. The molecule has 1 atom stereocenters. The predicted octanol–water partition coefficient (Wildman–Crippen LogP) is 0.820. The summed E-state index contributed by atoms with van der Waals surface area (Å²) >= 11 is 2.26. The smallest absolute Gasteiger partial charge is 0.340 e. The maximum Gasteiger partial charge on any atom is 0.340 e. The lowest BCUT2D eigenvalue weighted by atomic mass is 10.2. The quantitative estimate of drug-likeness (QED) is 0.796. The van der Waals surface area contributed by atoms with Gasteiger partial charge in [-0.25, -0.2) is 4.79 Å². The number of nitrogens with one attached hydrogen (secondary N) is 1. The van der Waals surface area contributed by atoms with E-state index in [0.29, 0.717) is 5.00 Å². The van der Waals surface area contributed by atoms with E-state index in [1.54, 1.807) is 11.4 Å². The second-order valence-corrected chi connectivity index (χ2v) is 5.94. The number of carbonyl (C=O) groups is 3. The number of anilines is 1. The molecule has 0 saturated carbocycles. The third kappa shape index (κ3) is 3.17. The Morgan fingerprint density at radius 1 is 1.55 bits per heavy atom. The van der Waals surface area contributed by atoms with E-state index in [1.807, 2.05) is 0 Å². The molecular weight excluding hydrogens is 302 g/mol. The first-order valence-corrected chi connectivity index (χ1v) is 7.27. The van der Waals surface area contributed by atoms with E-state index in [2.05, 4.69) is 15.0 Å². The number of ether oxygens (including phenoxy) is 1. The number of thioether (sulfide) groups is 1. The van der Waals surface area contributed by atoms with Crippen LogP contribution in [0.1, 0.15) is 16.8 Å². The van der Waals surface area contributed by atoms with E-state index in [4.69, 9.17) is 5.73 Å². The average Bonchev–Trinajstić information content (AvgIpc) is 2.96. The Labute approximate surface area is 122 Å². The van der Waals surface area contributed by atoms with Gasteiger partial charge >= 0.3 is 5.97 Å². The van der Waals surface area contributed by atoms with Gasteiger partial charge in [-0.3, -0.25) is 9.59 Å². The molecule has 2 amide bonds. The van der Waals surface area contributed by atoms with Crippen LogP contribution in [-0.2, 0) is 14.3 Å². The molecule has 0 fully saturated rings. The van der Waals surface area contributed by atoms with Crippen LogP contribution in [0.5, 0.6) is 0 Å². The predicted molar refractivity (Wildman–Crippen MR) is 76.9 cm³/mol. The van der Waals surface area contributed by atoms with Gasteiger partial charge in [0.15, 0.2) is 5.17 Å².